The predicted octanol–water partition coefficient (Wildman–Crippen LogP) is 1.72. The highest BCUT2D eigenvalue weighted by atomic mass is 32.2. The highest BCUT2D eigenvalue weighted by Crippen LogP contribution is 2.17. The number of carbonyl (C=O) groups excluding carboxylic acids is 1. The molecule has 0 aliphatic heterocycles. The molecule has 1 rings (SSSR count). The standard InChI is InChI=1S/C12H13NO4S/c1-17-10-4-2-9(3-5-10)6-18-7-11(12(15)16)13-8-14/h2-5,11H,6-7H2,1H3,(H,15,16)/t11-/m1/s1. The lowest BCUT2D eigenvalue weighted by Gasteiger charge is -2.06. The van der Waals surface area contributed by atoms with Crippen LogP contribution in [0.25, 0.3) is 0 Å². The number of thioether (sulfide) groups is 1. The molecule has 96 valence electrons. The van der Waals surface area contributed by atoms with Gasteiger partial charge in [0, 0.05) is 11.5 Å². The molecule has 1 aromatic carbocycles. The van der Waals surface area contributed by atoms with E-state index in [0.717, 1.165) is 11.3 Å². The molecule has 0 saturated heterocycles. The minimum absolute atomic E-state index is 0.247. The first-order valence-electron chi connectivity index (χ1n) is 5.18. The van der Waals surface area contributed by atoms with Crippen molar-refractivity contribution in [3.8, 4) is 5.75 Å². The Bertz CT molecular complexity index is 438. The van der Waals surface area contributed by atoms with Crippen LogP contribution < -0.4 is 4.74 Å². The van der Waals surface area contributed by atoms with E-state index in [-0.39, 0.29) is 5.75 Å². The molecule has 1 N–H and O–H groups in total. The van der Waals surface area contributed by atoms with Crippen LogP contribution in [0.2, 0.25) is 0 Å². The number of methoxy groups -OCH3 is 1. The van der Waals surface area contributed by atoms with E-state index in [0.29, 0.717) is 5.75 Å². The molecular formula is C12H13NO4S. The van der Waals surface area contributed by atoms with Gasteiger partial charge in [-0.3, -0.25) is 0 Å². The van der Waals surface area contributed by atoms with Gasteiger partial charge >= 0.3 is 5.97 Å². The molecule has 0 bridgehead atoms. The number of isocyanates is 1. The van der Waals surface area contributed by atoms with Gasteiger partial charge in [-0.1, -0.05) is 12.1 Å². The van der Waals surface area contributed by atoms with Crippen LogP contribution >= 0.6 is 11.8 Å². The number of rotatable bonds is 7. The summed E-state index contributed by atoms with van der Waals surface area (Å²) in [6.45, 7) is 0. The normalized spacial score (nSPS) is 11.4. The topological polar surface area (TPSA) is 76.0 Å². The van der Waals surface area contributed by atoms with Gasteiger partial charge in [-0.15, -0.1) is 0 Å². The highest BCUT2D eigenvalue weighted by Gasteiger charge is 2.15. The fraction of sp³-hybridized carbons (Fsp3) is 0.333. The molecule has 0 spiro atoms. The van der Waals surface area contributed by atoms with Gasteiger partial charge in [-0.25, -0.2) is 9.59 Å². The maximum absolute atomic E-state index is 10.7. The molecule has 6 heteroatoms. The summed E-state index contributed by atoms with van der Waals surface area (Å²) in [7, 11) is 1.60. The second-order valence-corrected chi connectivity index (χ2v) is 4.47. The summed E-state index contributed by atoms with van der Waals surface area (Å²) < 4.78 is 5.03. The number of hydrogen-bond donors (Lipinski definition) is 1. The van der Waals surface area contributed by atoms with E-state index in [9.17, 15) is 9.59 Å². The van der Waals surface area contributed by atoms with E-state index < -0.39 is 12.0 Å². The molecule has 0 aromatic heterocycles. The van der Waals surface area contributed by atoms with Crippen LogP contribution in [0.4, 0.5) is 0 Å². The largest absolute Gasteiger partial charge is 0.497 e. The monoisotopic (exact) mass is 267 g/mol. The van der Waals surface area contributed by atoms with Gasteiger partial charge in [0.2, 0.25) is 6.08 Å². The SMILES string of the molecule is COc1ccc(CSC[C@@H](N=C=O)C(=O)O)cc1. The van der Waals surface area contributed by atoms with E-state index in [1.807, 2.05) is 24.3 Å². The first kappa shape index (κ1) is 14.3. The van der Waals surface area contributed by atoms with E-state index in [1.165, 1.54) is 17.8 Å². The number of aliphatic carboxylic acids is 1. The highest BCUT2D eigenvalue weighted by molar-refractivity contribution is 7.98. The molecule has 0 aliphatic rings. The van der Waals surface area contributed by atoms with E-state index >= 15 is 0 Å². The second kappa shape index (κ2) is 7.53. The minimum Gasteiger partial charge on any atom is -0.497 e. The molecule has 5 nitrogen and oxygen atoms in total. The van der Waals surface area contributed by atoms with Gasteiger partial charge in [0.1, 0.15) is 5.75 Å². The Morgan fingerprint density at radius 3 is 2.67 bits per heavy atom. The van der Waals surface area contributed by atoms with Gasteiger partial charge in [0.15, 0.2) is 6.04 Å². The molecule has 0 unspecified atom stereocenters. The van der Waals surface area contributed by atoms with Crippen molar-refractivity contribution < 1.29 is 19.4 Å². The average Bonchev–Trinajstić information content (AvgIpc) is 2.38. The Labute approximate surface area is 109 Å². The van der Waals surface area contributed by atoms with Gasteiger partial charge in [-0.2, -0.15) is 16.8 Å². The van der Waals surface area contributed by atoms with Gasteiger partial charge < -0.3 is 9.84 Å². The van der Waals surface area contributed by atoms with Crippen molar-refractivity contribution >= 4 is 23.8 Å². The molecule has 18 heavy (non-hydrogen) atoms. The molecule has 0 radical (unpaired) electrons. The van der Waals surface area contributed by atoms with Crippen molar-refractivity contribution in [2.24, 2.45) is 4.99 Å². The third-order valence-corrected chi connectivity index (χ3v) is 3.29. The molecule has 0 aliphatic carbocycles. The van der Waals surface area contributed by atoms with Crippen molar-refractivity contribution in [2.75, 3.05) is 12.9 Å². The Balaban J connectivity index is 2.44. The summed E-state index contributed by atoms with van der Waals surface area (Å²) in [4.78, 5) is 24.0. The van der Waals surface area contributed by atoms with Crippen LogP contribution in [0.5, 0.6) is 5.75 Å². The summed E-state index contributed by atoms with van der Waals surface area (Å²) in [6, 6.07) is 6.48. The van der Waals surface area contributed by atoms with Crippen molar-refractivity contribution in [1.29, 1.82) is 0 Å². The number of ether oxygens (including phenoxy) is 1. The maximum atomic E-state index is 10.7. The zero-order chi connectivity index (χ0) is 13.4. The quantitative estimate of drug-likeness (QED) is 0.601. The van der Waals surface area contributed by atoms with Crippen LogP contribution in [0.1, 0.15) is 5.56 Å². The third-order valence-electron chi connectivity index (χ3n) is 2.20. The van der Waals surface area contributed by atoms with E-state index in [1.54, 1.807) is 7.11 Å². The molecule has 0 amide bonds. The number of nitrogens with zero attached hydrogens (tertiary/aromatic N) is 1. The minimum atomic E-state index is -1.11. The summed E-state index contributed by atoms with van der Waals surface area (Å²) in [5, 5.41) is 8.77. The Morgan fingerprint density at radius 2 is 2.17 bits per heavy atom. The number of aliphatic imine (C=N–C) groups is 1. The number of hydrogen-bond acceptors (Lipinski definition) is 5. The third kappa shape index (κ3) is 4.61. The lowest BCUT2D eigenvalue weighted by atomic mass is 10.2. The lowest BCUT2D eigenvalue weighted by Crippen LogP contribution is -2.20. The lowest BCUT2D eigenvalue weighted by molar-refractivity contribution is -0.137. The van der Waals surface area contributed by atoms with E-state index in [4.69, 9.17) is 9.84 Å². The van der Waals surface area contributed by atoms with Gasteiger partial charge in [-0.05, 0) is 17.7 Å². The number of carboxylic acid groups (broad SMARTS) is 1. The summed E-state index contributed by atoms with van der Waals surface area (Å²) >= 11 is 1.40. The first-order valence-corrected chi connectivity index (χ1v) is 6.33. The van der Waals surface area contributed by atoms with Crippen LogP contribution in [-0.2, 0) is 15.3 Å². The van der Waals surface area contributed by atoms with Crippen molar-refractivity contribution in [3.05, 3.63) is 29.8 Å². The summed E-state index contributed by atoms with van der Waals surface area (Å²) in [5.41, 5.74) is 1.06. The van der Waals surface area contributed by atoms with Crippen molar-refractivity contribution in [3.63, 3.8) is 0 Å². The molecule has 0 fully saturated rings. The Kier molecular flexibility index (Phi) is 5.97. The zero-order valence-electron chi connectivity index (χ0n) is 9.83. The van der Waals surface area contributed by atoms with Crippen LogP contribution in [0.3, 0.4) is 0 Å². The first-order chi connectivity index (χ1) is 8.67. The molecule has 1 aromatic rings. The van der Waals surface area contributed by atoms with Gasteiger partial charge in [0.25, 0.3) is 0 Å². The molecular weight excluding hydrogens is 254 g/mol. The summed E-state index contributed by atoms with van der Waals surface area (Å²) in [6.07, 6.45) is 1.28. The predicted molar refractivity (Wildman–Crippen MR) is 68.7 cm³/mol. The Hall–Kier alpha value is -1.78. The molecule has 1 atom stereocenters. The Morgan fingerprint density at radius 1 is 1.50 bits per heavy atom. The maximum Gasteiger partial charge on any atom is 0.330 e. The van der Waals surface area contributed by atoms with Gasteiger partial charge in [0.05, 0.1) is 7.11 Å². The average molecular weight is 267 g/mol. The van der Waals surface area contributed by atoms with Crippen molar-refractivity contribution in [2.45, 2.75) is 11.8 Å². The van der Waals surface area contributed by atoms with Crippen LogP contribution in [0.15, 0.2) is 29.3 Å². The zero-order valence-corrected chi connectivity index (χ0v) is 10.6. The molecule has 0 saturated carbocycles. The van der Waals surface area contributed by atoms with Crippen molar-refractivity contribution in [1.82, 2.24) is 0 Å². The fourth-order valence-electron chi connectivity index (χ4n) is 1.24. The number of carboxylic acids is 1. The van der Waals surface area contributed by atoms with Crippen LogP contribution in [-0.4, -0.2) is 36.1 Å². The summed E-state index contributed by atoms with van der Waals surface area (Å²) in [5.74, 6) is 0.567. The smallest absolute Gasteiger partial charge is 0.330 e. The second-order valence-electron chi connectivity index (χ2n) is 3.44. The van der Waals surface area contributed by atoms with E-state index in [2.05, 4.69) is 4.99 Å². The number of carbonyl (C=O) groups is 1. The molecule has 0 heterocycles. The fourth-order valence-corrected chi connectivity index (χ4v) is 2.22. The van der Waals surface area contributed by atoms with Crippen LogP contribution in [0, 0.1) is 0 Å². The number of benzene rings is 1.